The Labute approximate surface area is 65.0 Å². The van der Waals surface area contributed by atoms with Gasteiger partial charge < -0.3 is 9.47 Å². The lowest BCUT2D eigenvalue weighted by Crippen LogP contribution is -1.92. The molecule has 11 heavy (non-hydrogen) atoms. The Bertz CT molecular complexity index is 258. The largest absolute Gasteiger partial charge is 0.495 e. The maximum absolute atomic E-state index is 5.10. The fourth-order valence-corrected chi connectivity index (χ4v) is 1.02. The predicted molar refractivity (Wildman–Crippen MR) is 39.5 cm³/mol. The molecule has 0 spiro atoms. The van der Waals surface area contributed by atoms with Crippen LogP contribution in [0.25, 0.3) is 0 Å². The molecule has 0 amide bonds. The minimum absolute atomic E-state index is 0.172. The van der Waals surface area contributed by atoms with Crippen molar-refractivity contribution in [1.29, 1.82) is 0 Å². The summed E-state index contributed by atoms with van der Waals surface area (Å²) in [6, 6.07) is 3.74. The van der Waals surface area contributed by atoms with Crippen molar-refractivity contribution in [3.63, 3.8) is 0 Å². The van der Waals surface area contributed by atoms with E-state index in [4.69, 9.17) is 9.47 Å². The molecule has 1 saturated heterocycles. The second-order valence-corrected chi connectivity index (χ2v) is 2.41. The fourth-order valence-electron chi connectivity index (χ4n) is 1.02. The van der Waals surface area contributed by atoms with E-state index < -0.39 is 0 Å². The Morgan fingerprint density at radius 2 is 2.55 bits per heavy atom. The van der Waals surface area contributed by atoms with Gasteiger partial charge in [0.25, 0.3) is 0 Å². The SMILES string of the molecule is COc1cccnc1[C@@H]1CO1. The molecule has 0 bridgehead atoms. The number of epoxide rings is 1. The molecule has 0 unspecified atom stereocenters. The van der Waals surface area contributed by atoms with E-state index in [0.29, 0.717) is 0 Å². The minimum Gasteiger partial charge on any atom is -0.495 e. The van der Waals surface area contributed by atoms with Gasteiger partial charge in [0, 0.05) is 6.20 Å². The van der Waals surface area contributed by atoms with Crippen LogP contribution >= 0.6 is 0 Å². The van der Waals surface area contributed by atoms with Crippen molar-refractivity contribution >= 4 is 0 Å². The Balaban J connectivity index is 2.34. The number of ether oxygens (including phenoxy) is 2. The molecule has 58 valence electrons. The first kappa shape index (κ1) is 6.61. The van der Waals surface area contributed by atoms with Crippen molar-refractivity contribution in [2.45, 2.75) is 6.10 Å². The third kappa shape index (κ3) is 1.19. The zero-order chi connectivity index (χ0) is 7.68. The number of nitrogens with zero attached hydrogens (tertiary/aromatic N) is 1. The maximum atomic E-state index is 5.10. The smallest absolute Gasteiger partial charge is 0.143 e. The maximum Gasteiger partial charge on any atom is 0.143 e. The van der Waals surface area contributed by atoms with Gasteiger partial charge in [-0.15, -0.1) is 0 Å². The van der Waals surface area contributed by atoms with Gasteiger partial charge in [0.2, 0.25) is 0 Å². The van der Waals surface area contributed by atoms with E-state index in [-0.39, 0.29) is 6.10 Å². The van der Waals surface area contributed by atoms with Crippen LogP contribution in [0.5, 0.6) is 5.75 Å². The highest BCUT2D eigenvalue weighted by Gasteiger charge is 2.29. The van der Waals surface area contributed by atoms with Crippen LogP contribution in [0.4, 0.5) is 0 Å². The predicted octanol–water partition coefficient (Wildman–Crippen LogP) is 1.16. The van der Waals surface area contributed by atoms with E-state index in [1.807, 2.05) is 12.1 Å². The summed E-state index contributed by atoms with van der Waals surface area (Å²) in [6.45, 7) is 0.771. The highest BCUT2D eigenvalue weighted by Crippen LogP contribution is 2.33. The van der Waals surface area contributed by atoms with Gasteiger partial charge >= 0.3 is 0 Å². The third-order valence-corrected chi connectivity index (χ3v) is 1.66. The van der Waals surface area contributed by atoms with Crippen molar-refractivity contribution in [3.05, 3.63) is 24.0 Å². The van der Waals surface area contributed by atoms with Crippen molar-refractivity contribution in [2.24, 2.45) is 0 Å². The van der Waals surface area contributed by atoms with Gasteiger partial charge in [-0.25, -0.2) is 0 Å². The van der Waals surface area contributed by atoms with Crippen LogP contribution in [0.3, 0.4) is 0 Å². The van der Waals surface area contributed by atoms with Crippen LogP contribution in [0.1, 0.15) is 11.8 Å². The molecule has 1 aromatic rings. The molecule has 3 heteroatoms. The summed E-state index contributed by atoms with van der Waals surface area (Å²) in [5.41, 5.74) is 0.912. The van der Waals surface area contributed by atoms with Gasteiger partial charge in [0.15, 0.2) is 0 Å². The summed E-state index contributed by atoms with van der Waals surface area (Å²) >= 11 is 0. The lowest BCUT2D eigenvalue weighted by molar-refractivity contribution is 0.377. The summed E-state index contributed by atoms with van der Waals surface area (Å²) in [6.07, 6.45) is 1.92. The number of aromatic nitrogens is 1. The average Bonchev–Trinajstić information content (AvgIpc) is 2.87. The second-order valence-electron chi connectivity index (χ2n) is 2.41. The van der Waals surface area contributed by atoms with E-state index >= 15 is 0 Å². The van der Waals surface area contributed by atoms with E-state index in [1.165, 1.54) is 0 Å². The van der Waals surface area contributed by atoms with E-state index in [0.717, 1.165) is 18.1 Å². The van der Waals surface area contributed by atoms with Gasteiger partial charge in [-0.1, -0.05) is 0 Å². The number of pyridine rings is 1. The number of methoxy groups -OCH3 is 1. The summed E-state index contributed by atoms with van der Waals surface area (Å²) in [7, 11) is 1.64. The number of hydrogen-bond acceptors (Lipinski definition) is 3. The molecule has 1 atom stereocenters. The number of hydrogen-bond donors (Lipinski definition) is 0. The van der Waals surface area contributed by atoms with E-state index in [1.54, 1.807) is 13.3 Å². The molecule has 0 radical (unpaired) electrons. The van der Waals surface area contributed by atoms with Crippen molar-refractivity contribution < 1.29 is 9.47 Å². The monoisotopic (exact) mass is 151 g/mol. The van der Waals surface area contributed by atoms with Crippen LogP contribution < -0.4 is 4.74 Å². The molecule has 0 aromatic carbocycles. The Morgan fingerprint density at radius 1 is 1.73 bits per heavy atom. The summed E-state index contributed by atoms with van der Waals surface area (Å²) in [5, 5.41) is 0. The first-order chi connectivity index (χ1) is 5.42. The molecule has 3 nitrogen and oxygen atoms in total. The van der Waals surface area contributed by atoms with Gasteiger partial charge in [-0.2, -0.15) is 0 Å². The fraction of sp³-hybridized carbons (Fsp3) is 0.375. The summed E-state index contributed by atoms with van der Waals surface area (Å²) in [5.74, 6) is 0.815. The first-order valence-electron chi connectivity index (χ1n) is 3.52. The molecule has 0 N–H and O–H groups in total. The Kier molecular flexibility index (Phi) is 1.51. The Morgan fingerprint density at radius 3 is 3.18 bits per heavy atom. The molecule has 0 aliphatic carbocycles. The summed E-state index contributed by atoms with van der Waals surface area (Å²) in [4.78, 5) is 4.16. The molecule has 1 aromatic heterocycles. The van der Waals surface area contributed by atoms with Crippen LogP contribution in [-0.4, -0.2) is 18.7 Å². The van der Waals surface area contributed by atoms with E-state index in [9.17, 15) is 0 Å². The molecular weight excluding hydrogens is 142 g/mol. The van der Waals surface area contributed by atoms with Gasteiger partial charge in [0.05, 0.1) is 13.7 Å². The van der Waals surface area contributed by atoms with Crippen molar-refractivity contribution in [2.75, 3.05) is 13.7 Å². The first-order valence-corrected chi connectivity index (χ1v) is 3.52. The zero-order valence-electron chi connectivity index (χ0n) is 6.28. The highest BCUT2D eigenvalue weighted by molar-refractivity contribution is 5.30. The molecule has 2 rings (SSSR count). The van der Waals surface area contributed by atoms with Crippen LogP contribution in [0, 0.1) is 0 Å². The standard InChI is InChI=1S/C8H9NO2/c1-10-6-3-2-4-9-8(6)7-5-11-7/h2-4,7H,5H2,1H3/t7-/m0/s1. The lowest BCUT2D eigenvalue weighted by Gasteiger charge is -2.02. The molecular formula is C8H9NO2. The van der Waals surface area contributed by atoms with E-state index in [2.05, 4.69) is 4.98 Å². The van der Waals surface area contributed by atoms with Gasteiger partial charge in [-0.3, -0.25) is 4.98 Å². The highest BCUT2D eigenvalue weighted by atomic mass is 16.6. The molecule has 1 aliphatic heterocycles. The van der Waals surface area contributed by atoms with Gasteiger partial charge in [-0.05, 0) is 12.1 Å². The van der Waals surface area contributed by atoms with Crippen LogP contribution in [0.2, 0.25) is 0 Å². The quantitative estimate of drug-likeness (QED) is 0.595. The lowest BCUT2D eigenvalue weighted by atomic mass is 10.2. The second kappa shape index (κ2) is 2.51. The van der Waals surface area contributed by atoms with Crippen LogP contribution in [-0.2, 0) is 4.74 Å². The molecule has 1 fully saturated rings. The Hall–Kier alpha value is -1.09. The topological polar surface area (TPSA) is 34.6 Å². The third-order valence-electron chi connectivity index (χ3n) is 1.66. The normalized spacial score (nSPS) is 21.4. The van der Waals surface area contributed by atoms with Crippen molar-refractivity contribution in [1.82, 2.24) is 4.98 Å². The summed E-state index contributed by atoms with van der Waals surface area (Å²) < 4.78 is 10.2. The van der Waals surface area contributed by atoms with Gasteiger partial charge in [0.1, 0.15) is 17.5 Å². The molecule has 0 saturated carbocycles. The molecule has 2 heterocycles. The zero-order valence-corrected chi connectivity index (χ0v) is 6.28. The number of rotatable bonds is 2. The average molecular weight is 151 g/mol. The van der Waals surface area contributed by atoms with Crippen molar-refractivity contribution in [3.8, 4) is 5.75 Å². The minimum atomic E-state index is 0.172. The molecule has 1 aliphatic rings. The van der Waals surface area contributed by atoms with Crippen LogP contribution in [0.15, 0.2) is 18.3 Å².